The highest BCUT2D eigenvalue weighted by molar-refractivity contribution is 5.81. The maximum Gasteiger partial charge on any atom is 0.223 e. The third kappa shape index (κ3) is 3.55. The van der Waals surface area contributed by atoms with Crippen LogP contribution in [0.15, 0.2) is 16.8 Å². The Kier molecular flexibility index (Phi) is 4.59. The van der Waals surface area contributed by atoms with Gasteiger partial charge in [0.2, 0.25) is 5.91 Å². The molecule has 2 aromatic heterocycles. The number of amides is 1. The maximum absolute atomic E-state index is 12.0. The van der Waals surface area contributed by atoms with E-state index in [0.717, 1.165) is 61.4 Å². The number of hydrogen-bond acceptors (Lipinski definition) is 4. The fourth-order valence-electron chi connectivity index (χ4n) is 4.19. The summed E-state index contributed by atoms with van der Waals surface area (Å²) in [6, 6.07) is 1.97. The molecule has 2 saturated carbocycles. The Morgan fingerprint density at radius 3 is 2.69 bits per heavy atom. The predicted octanol–water partition coefficient (Wildman–Crippen LogP) is 3.43. The molecular formula is C20H28N4O2. The van der Waals surface area contributed by atoms with Crippen LogP contribution < -0.4 is 5.32 Å². The molecule has 4 rings (SSSR count). The molecule has 6 heteroatoms. The molecule has 2 atom stereocenters. The summed E-state index contributed by atoms with van der Waals surface area (Å²) < 4.78 is 7.33. The Morgan fingerprint density at radius 1 is 1.35 bits per heavy atom. The van der Waals surface area contributed by atoms with Gasteiger partial charge >= 0.3 is 0 Å². The van der Waals surface area contributed by atoms with Crippen LogP contribution in [0.4, 0.5) is 0 Å². The zero-order valence-corrected chi connectivity index (χ0v) is 15.9. The van der Waals surface area contributed by atoms with Gasteiger partial charge in [-0.3, -0.25) is 9.48 Å². The summed E-state index contributed by atoms with van der Waals surface area (Å²) in [4.78, 5) is 12.0. The predicted molar refractivity (Wildman–Crippen MR) is 98.4 cm³/mol. The van der Waals surface area contributed by atoms with Crippen LogP contribution in [0.25, 0.3) is 11.3 Å². The van der Waals surface area contributed by atoms with E-state index in [9.17, 15) is 4.79 Å². The van der Waals surface area contributed by atoms with Crippen LogP contribution in [0, 0.1) is 24.7 Å². The van der Waals surface area contributed by atoms with E-state index in [1.54, 1.807) is 0 Å². The van der Waals surface area contributed by atoms with Gasteiger partial charge in [-0.2, -0.15) is 5.10 Å². The molecule has 0 saturated heterocycles. The van der Waals surface area contributed by atoms with E-state index in [-0.39, 0.29) is 11.8 Å². The Hall–Kier alpha value is -2.11. The van der Waals surface area contributed by atoms with E-state index in [1.165, 1.54) is 0 Å². The SMILES string of the molecule is Cc1cc(-c2cn(C)nc2C2CCC(CNC(=O)C3CC3C)CC2)on1. The van der Waals surface area contributed by atoms with E-state index in [4.69, 9.17) is 9.62 Å². The zero-order valence-electron chi connectivity index (χ0n) is 15.9. The minimum Gasteiger partial charge on any atom is -0.356 e. The summed E-state index contributed by atoms with van der Waals surface area (Å²) in [6.07, 6.45) is 7.57. The lowest BCUT2D eigenvalue weighted by Crippen LogP contribution is -2.32. The van der Waals surface area contributed by atoms with E-state index >= 15 is 0 Å². The number of rotatable bonds is 5. The zero-order chi connectivity index (χ0) is 18.3. The minimum atomic E-state index is 0.257. The number of aromatic nitrogens is 3. The lowest BCUT2D eigenvalue weighted by Gasteiger charge is -2.28. The molecule has 1 N–H and O–H groups in total. The van der Waals surface area contributed by atoms with Crippen molar-refractivity contribution in [2.75, 3.05) is 6.54 Å². The largest absolute Gasteiger partial charge is 0.356 e. The summed E-state index contributed by atoms with van der Waals surface area (Å²) >= 11 is 0. The van der Waals surface area contributed by atoms with Crippen molar-refractivity contribution in [3.63, 3.8) is 0 Å². The Bertz CT molecular complexity index is 786. The minimum absolute atomic E-state index is 0.257. The standard InChI is InChI=1S/C20H28N4O2/c1-12-8-16(12)20(25)21-10-14-4-6-15(7-5-14)19-17(11-24(3)22-19)18-9-13(2)23-26-18/h9,11-12,14-16H,4-8,10H2,1-3H3,(H,21,25). The summed E-state index contributed by atoms with van der Waals surface area (Å²) in [7, 11) is 1.95. The van der Waals surface area contributed by atoms with Gasteiger partial charge in [-0.25, -0.2) is 0 Å². The average Bonchev–Trinajstić information content (AvgIpc) is 3.02. The van der Waals surface area contributed by atoms with Gasteiger partial charge in [0, 0.05) is 37.7 Å². The first kappa shape index (κ1) is 17.3. The van der Waals surface area contributed by atoms with Crippen LogP contribution >= 0.6 is 0 Å². The van der Waals surface area contributed by atoms with Crippen LogP contribution in [0.3, 0.4) is 0 Å². The van der Waals surface area contributed by atoms with Gasteiger partial charge < -0.3 is 9.84 Å². The monoisotopic (exact) mass is 356 g/mol. The molecule has 0 spiro atoms. The molecule has 2 aromatic rings. The molecule has 2 fully saturated rings. The van der Waals surface area contributed by atoms with Crippen molar-refractivity contribution in [1.29, 1.82) is 0 Å². The van der Waals surface area contributed by atoms with Gasteiger partial charge in [0.15, 0.2) is 5.76 Å². The van der Waals surface area contributed by atoms with Gasteiger partial charge in [0.1, 0.15) is 0 Å². The van der Waals surface area contributed by atoms with Gasteiger partial charge in [0.25, 0.3) is 0 Å². The Balaban J connectivity index is 1.35. The summed E-state index contributed by atoms with van der Waals surface area (Å²) in [5.74, 6) is 2.95. The highest BCUT2D eigenvalue weighted by Gasteiger charge is 2.39. The molecule has 2 unspecified atom stereocenters. The van der Waals surface area contributed by atoms with E-state index in [0.29, 0.717) is 17.8 Å². The molecule has 0 bridgehead atoms. The van der Waals surface area contributed by atoms with Gasteiger partial charge in [-0.05, 0) is 50.9 Å². The van der Waals surface area contributed by atoms with Crippen molar-refractivity contribution in [2.45, 2.75) is 51.9 Å². The highest BCUT2D eigenvalue weighted by atomic mass is 16.5. The first-order valence-corrected chi connectivity index (χ1v) is 9.76. The first-order chi connectivity index (χ1) is 12.5. The third-order valence-corrected chi connectivity index (χ3v) is 6.00. The van der Waals surface area contributed by atoms with Crippen molar-refractivity contribution >= 4 is 5.91 Å². The second kappa shape index (κ2) is 6.89. The van der Waals surface area contributed by atoms with E-state index in [1.807, 2.05) is 30.9 Å². The van der Waals surface area contributed by atoms with Crippen LogP contribution in [0.5, 0.6) is 0 Å². The van der Waals surface area contributed by atoms with Crippen molar-refractivity contribution in [3.8, 4) is 11.3 Å². The fraction of sp³-hybridized carbons (Fsp3) is 0.650. The quantitative estimate of drug-likeness (QED) is 0.891. The number of aryl methyl sites for hydroxylation is 2. The maximum atomic E-state index is 12.0. The van der Waals surface area contributed by atoms with Crippen LogP contribution in [0.2, 0.25) is 0 Å². The highest BCUT2D eigenvalue weighted by Crippen LogP contribution is 2.40. The van der Waals surface area contributed by atoms with Crippen molar-refractivity contribution in [2.24, 2.45) is 24.8 Å². The lowest BCUT2D eigenvalue weighted by atomic mass is 9.79. The molecule has 140 valence electrons. The Labute approximate surface area is 154 Å². The lowest BCUT2D eigenvalue weighted by molar-refractivity contribution is -0.122. The second-order valence-corrected chi connectivity index (χ2v) is 8.22. The van der Waals surface area contributed by atoms with Gasteiger partial charge in [-0.1, -0.05) is 12.1 Å². The number of carbonyl (C=O) groups excluding carboxylic acids is 1. The smallest absolute Gasteiger partial charge is 0.223 e. The first-order valence-electron chi connectivity index (χ1n) is 9.76. The van der Waals surface area contributed by atoms with Gasteiger partial charge in [-0.15, -0.1) is 0 Å². The summed E-state index contributed by atoms with van der Waals surface area (Å²) in [6.45, 7) is 4.91. The molecule has 2 aliphatic carbocycles. The fourth-order valence-corrected chi connectivity index (χ4v) is 4.19. The molecular weight excluding hydrogens is 328 g/mol. The molecule has 1 amide bonds. The molecule has 26 heavy (non-hydrogen) atoms. The molecule has 0 radical (unpaired) electrons. The van der Waals surface area contributed by atoms with Crippen LogP contribution in [-0.4, -0.2) is 27.4 Å². The van der Waals surface area contributed by atoms with E-state index < -0.39 is 0 Å². The molecule has 2 heterocycles. The van der Waals surface area contributed by atoms with E-state index in [2.05, 4.69) is 17.4 Å². The molecule has 0 aliphatic heterocycles. The van der Waals surface area contributed by atoms with Crippen molar-refractivity contribution in [3.05, 3.63) is 23.7 Å². The molecule has 0 aromatic carbocycles. The van der Waals surface area contributed by atoms with Gasteiger partial charge in [0.05, 0.1) is 17.0 Å². The number of nitrogens with zero attached hydrogens (tertiary/aromatic N) is 3. The number of carbonyl (C=O) groups is 1. The number of hydrogen-bond donors (Lipinski definition) is 1. The third-order valence-electron chi connectivity index (χ3n) is 6.00. The topological polar surface area (TPSA) is 73.0 Å². The molecule has 2 aliphatic rings. The normalized spacial score (nSPS) is 28.1. The number of nitrogens with one attached hydrogen (secondary N) is 1. The van der Waals surface area contributed by atoms with Crippen molar-refractivity contribution < 1.29 is 9.32 Å². The van der Waals surface area contributed by atoms with Crippen molar-refractivity contribution in [1.82, 2.24) is 20.3 Å². The molecule has 6 nitrogen and oxygen atoms in total. The summed E-state index contributed by atoms with van der Waals surface area (Å²) in [5, 5.41) is 11.9. The second-order valence-electron chi connectivity index (χ2n) is 8.22. The summed E-state index contributed by atoms with van der Waals surface area (Å²) in [5.41, 5.74) is 3.07. The average molecular weight is 356 g/mol. The Morgan fingerprint density at radius 2 is 2.08 bits per heavy atom. The van der Waals surface area contributed by atoms with Crippen LogP contribution in [-0.2, 0) is 11.8 Å². The van der Waals surface area contributed by atoms with Crippen LogP contribution in [0.1, 0.15) is 56.3 Å².